The normalized spacial score (nSPS) is 26.5. The highest BCUT2D eigenvalue weighted by atomic mass is 32.1. The Bertz CT molecular complexity index is 423. The summed E-state index contributed by atoms with van der Waals surface area (Å²) in [6, 6.07) is 0. The molecule has 2 heterocycles. The molecule has 17 heavy (non-hydrogen) atoms. The van der Waals surface area contributed by atoms with Crippen LogP contribution < -0.4 is 5.59 Å². The third kappa shape index (κ3) is 1.94. The van der Waals surface area contributed by atoms with Gasteiger partial charge in [0.25, 0.3) is 0 Å². The van der Waals surface area contributed by atoms with E-state index in [2.05, 4.69) is 38.1 Å². The fraction of sp³-hybridized carbons (Fsp3) is 0.750. The van der Waals surface area contributed by atoms with E-state index in [4.69, 9.17) is 9.31 Å². The summed E-state index contributed by atoms with van der Waals surface area (Å²) in [6.07, 6.45) is 2.58. The van der Waals surface area contributed by atoms with Crippen molar-refractivity contribution in [3.63, 3.8) is 0 Å². The molecule has 0 amide bonds. The molecule has 0 radical (unpaired) electrons. The molecule has 0 aromatic carbocycles. The summed E-state index contributed by atoms with van der Waals surface area (Å²) in [5.41, 5.74) is 0.387. The lowest BCUT2D eigenvalue weighted by Crippen LogP contribution is -2.41. The molecule has 2 aliphatic rings. The molecule has 1 aliphatic carbocycles. The third-order valence-corrected chi connectivity index (χ3v) is 4.99. The van der Waals surface area contributed by atoms with Crippen LogP contribution in [0.3, 0.4) is 0 Å². The first-order valence-corrected chi connectivity index (χ1v) is 7.08. The predicted molar refractivity (Wildman–Crippen MR) is 69.8 cm³/mol. The molecule has 1 aromatic rings. The first-order chi connectivity index (χ1) is 7.89. The summed E-state index contributed by atoms with van der Waals surface area (Å²) in [7, 11) is -0.302. The number of aromatic nitrogens is 1. The molecule has 1 saturated heterocycles. The van der Waals surface area contributed by atoms with Crippen LogP contribution in [0, 0.1) is 0 Å². The smallest absolute Gasteiger partial charge is 0.398 e. The Labute approximate surface area is 107 Å². The molecule has 0 bridgehead atoms. The molecule has 0 atom stereocenters. The van der Waals surface area contributed by atoms with Crippen LogP contribution in [-0.2, 0) is 9.31 Å². The molecule has 1 aromatic heterocycles. The average molecular weight is 251 g/mol. The second-order valence-electron chi connectivity index (χ2n) is 5.97. The minimum atomic E-state index is -0.302. The maximum atomic E-state index is 5.99. The van der Waals surface area contributed by atoms with Crippen LogP contribution in [0.4, 0.5) is 0 Å². The van der Waals surface area contributed by atoms with Crippen molar-refractivity contribution in [2.75, 3.05) is 0 Å². The van der Waals surface area contributed by atoms with Gasteiger partial charge in [-0.15, -0.1) is 11.3 Å². The molecule has 1 saturated carbocycles. The zero-order chi connectivity index (χ0) is 12.3. The molecule has 92 valence electrons. The quantitative estimate of drug-likeness (QED) is 0.756. The molecule has 5 heteroatoms. The fourth-order valence-electron chi connectivity index (χ4n) is 1.89. The summed E-state index contributed by atoms with van der Waals surface area (Å²) in [5, 5.41) is 3.32. The third-order valence-electron chi connectivity index (χ3n) is 3.96. The van der Waals surface area contributed by atoms with Crippen molar-refractivity contribution in [1.29, 1.82) is 0 Å². The van der Waals surface area contributed by atoms with E-state index in [1.54, 1.807) is 11.3 Å². The second kappa shape index (κ2) is 3.56. The number of nitrogens with zero attached hydrogens (tertiary/aromatic N) is 1. The molecular formula is C12H18BNO2S. The largest absolute Gasteiger partial charge is 0.515 e. The van der Waals surface area contributed by atoms with Gasteiger partial charge in [-0.1, -0.05) is 0 Å². The Morgan fingerprint density at radius 3 is 2.35 bits per heavy atom. The average Bonchev–Trinajstić information content (AvgIpc) is 2.89. The minimum Gasteiger partial charge on any atom is -0.398 e. The molecule has 0 N–H and O–H groups in total. The summed E-state index contributed by atoms with van der Waals surface area (Å²) in [4.78, 5) is 4.65. The SMILES string of the molecule is CC1(C)OB(c2csc(C3CC3)n2)OC1(C)C. The van der Waals surface area contributed by atoms with Crippen molar-refractivity contribution in [3.05, 3.63) is 10.4 Å². The van der Waals surface area contributed by atoms with Gasteiger partial charge in [0.05, 0.1) is 21.8 Å². The van der Waals surface area contributed by atoms with E-state index in [1.165, 1.54) is 17.8 Å². The maximum absolute atomic E-state index is 5.99. The van der Waals surface area contributed by atoms with Crippen molar-refractivity contribution in [2.24, 2.45) is 0 Å². The zero-order valence-electron chi connectivity index (χ0n) is 10.8. The van der Waals surface area contributed by atoms with Gasteiger partial charge in [0.1, 0.15) is 0 Å². The van der Waals surface area contributed by atoms with Gasteiger partial charge in [0, 0.05) is 11.3 Å². The van der Waals surface area contributed by atoms with Gasteiger partial charge >= 0.3 is 7.12 Å². The van der Waals surface area contributed by atoms with Gasteiger partial charge in [0.15, 0.2) is 0 Å². The van der Waals surface area contributed by atoms with Gasteiger partial charge in [-0.25, -0.2) is 4.98 Å². The van der Waals surface area contributed by atoms with Gasteiger partial charge in [-0.2, -0.15) is 0 Å². The summed E-state index contributed by atoms with van der Waals surface area (Å²) >= 11 is 1.74. The minimum absolute atomic E-state index is 0.277. The van der Waals surface area contributed by atoms with E-state index in [0.717, 1.165) is 5.59 Å². The Kier molecular flexibility index (Phi) is 2.45. The summed E-state index contributed by atoms with van der Waals surface area (Å²) < 4.78 is 12.0. The van der Waals surface area contributed by atoms with Crippen molar-refractivity contribution < 1.29 is 9.31 Å². The number of rotatable bonds is 2. The highest BCUT2D eigenvalue weighted by Gasteiger charge is 2.52. The first kappa shape index (κ1) is 11.7. The molecule has 2 fully saturated rings. The molecule has 1 aliphatic heterocycles. The van der Waals surface area contributed by atoms with E-state index in [9.17, 15) is 0 Å². The van der Waals surface area contributed by atoms with Gasteiger partial charge in [-0.05, 0) is 40.5 Å². The van der Waals surface area contributed by atoms with Crippen LogP contribution in [0.2, 0.25) is 0 Å². The Balaban J connectivity index is 1.81. The van der Waals surface area contributed by atoms with E-state index in [1.807, 2.05) is 0 Å². The van der Waals surface area contributed by atoms with E-state index in [0.29, 0.717) is 5.92 Å². The standard InChI is InChI=1S/C12H18BNO2S/c1-11(2)12(3,4)16-13(15-11)9-7-17-10(14-9)8-5-6-8/h7-8H,5-6H2,1-4H3. The highest BCUT2D eigenvalue weighted by molar-refractivity contribution is 7.10. The lowest BCUT2D eigenvalue weighted by atomic mass is 9.86. The number of hydrogen-bond donors (Lipinski definition) is 0. The summed E-state index contributed by atoms with van der Waals surface area (Å²) in [6.45, 7) is 8.28. The van der Waals surface area contributed by atoms with Gasteiger partial charge in [0.2, 0.25) is 0 Å². The fourth-order valence-corrected chi connectivity index (χ4v) is 2.88. The number of hydrogen-bond acceptors (Lipinski definition) is 4. The van der Waals surface area contributed by atoms with Crippen LogP contribution in [0.1, 0.15) is 51.5 Å². The lowest BCUT2D eigenvalue weighted by Gasteiger charge is -2.32. The van der Waals surface area contributed by atoms with Crippen molar-refractivity contribution >= 4 is 24.0 Å². The highest BCUT2D eigenvalue weighted by Crippen LogP contribution is 2.41. The van der Waals surface area contributed by atoms with E-state index < -0.39 is 0 Å². The molecule has 0 spiro atoms. The van der Waals surface area contributed by atoms with Gasteiger partial charge in [-0.3, -0.25) is 0 Å². The van der Waals surface area contributed by atoms with E-state index in [-0.39, 0.29) is 18.3 Å². The first-order valence-electron chi connectivity index (χ1n) is 6.20. The van der Waals surface area contributed by atoms with Crippen molar-refractivity contribution in [2.45, 2.75) is 57.7 Å². The molecule has 3 rings (SSSR count). The second-order valence-corrected chi connectivity index (χ2v) is 6.86. The van der Waals surface area contributed by atoms with E-state index >= 15 is 0 Å². The van der Waals surface area contributed by atoms with Crippen molar-refractivity contribution in [1.82, 2.24) is 4.98 Å². The van der Waals surface area contributed by atoms with Crippen LogP contribution in [0.5, 0.6) is 0 Å². The zero-order valence-corrected chi connectivity index (χ0v) is 11.6. The lowest BCUT2D eigenvalue weighted by molar-refractivity contribution is 0.00578. The Morgan fingerprint density at radius 1 is 1.24 bits per heavy atom. The van der Waals surface area contributed by atoms with Crippen LogP contribution in [-0.4, -0.2) is 23.3 Å². The maximum Gasteiger partial charge on any atom is 0.515 e. The Morgan fingerprint density at radius 2 is 1.82 bits per heavy atom. The van der Waals surface area contributed by atoms with Gasteiger partial charge < -0.3 is 9.31 Å². The molecule has 3 nitrogen and oxygen atoms in total. The predicted octanol–water partition coefficient (Wildman–Crippen LogP) is 2.32. The van der Waals surface area contributed by atoms with Crippen LogP contribution in [0.25, 0.3) is 0 Å². The van der Waals surface area contributed by atoms with Crippen LogP contribution in [0.15, 0.2) is 5.38 Å². The molecule has 0 unspecified atom stereocenters. The number of thiazole rings is 1. The monoisotopic (exact) mass is 251 g/mol. The Hall–Kier alpha value is -0.385. The molecular weight excluding hydrogens is 233 g/mol. The topological polar surface area (TPSA) is 31.4 Å². The summed E-state index contributed by atoms with van der Waals surface area (Å²) in [5.74, 6) is 0.705. The van der Waals surface area contributed by atoms with Crippen molar-refractivity contribution in [3.8, 4) is 0 Å². The van der Waals surface area contributed by atoms with Crippen LogP contribution >= 0.6 is 11.3 Å².